The van der Waals surface area contributed by atoms with Crippen LogP contribution in [0.2, 0.25) is 0 Å². The van der Waals surface area contributed by atoms with E-state index in [1.165, 1.54) is 13.2 Å². The van der Waals surface area contributed by atoms with Crippen LogP contribution < -0.4 is 9.64 Å². The number of ether oxygens (including phenoxy) is 1. The Labute approximate surface area is 147 Å². The first-order valence-corrected chi connectivity index (χ1v) is 8.42. The number of piperazine rings is 1. The molecule has 132 valence electrons. The molecule has 1 aliphatic heterocycles. The van der Waals surface area contributed by atoms with E-state index in [0.717, 1.165) is 24.3 Å². The van der Waals surface area contributed by atoms with Gasteiger partial charge in [0.2, 0.25) is 5.91 Å². The highest BCUT2D eigenvalue weighted by molar-refractivity contribution is 5.76. The summed E-state index contributed by atoms with van der Waals surface area (Å²) >= 11 is 0. The molecule has 5 nitrogen and oxygen atoms in total. The molecule has 0 saturated carbocycles. The van der Waals surface area contributed by atoms with Crippen LogP contribution in [-0.4, -0.2) is 49.1 Å². The molecule has 2 heterocycles. The Morgan fingerprint density at radius 1 is 1.16 bits per heavy atom. The molecule has 0 radical (unpaired) electrons. The standard InChI is InChI=1S/C19H22FN3O2/c1-25-18-4-2-15(14-17(18)20)3-5-19(24)23-12-10-22(11-13-23)16-6-8-21-9-7-16/h2,4,6-9,14H,3,5,10-13H2,1H3. The minimum atomic E-state index is -0.390. The van der Waals surface area contributed by atoms with Gasteiger partial charge in [0.25, 0.3) is 0 Å². The number of carbonyl (C=O) groups is 1. The maximum Gasteiger partial charge on any atom is 0.223 e. The Kier molecular flexibility index (Phi) is 5.48. The zero-order valence-electron chi connectivity index (χ0n) is 14.3. The fraction of sp³-hybridized carbons (Fsp3) is 0.368. The van der Waals surface area contributed by atoms with Gasteiger partial charge in [0.05, 0.1) is 7.11 Å². The molecule has 25 heavy (non-hydrogen) atoms. The van der Waals surface area contributed by atoms with Gasteiger partial charge in [-0.2, -0.15) is 0 Å². The summed E-state index contributed by atoms with van der Waals surface area (Å²) in [5.74, 6) is -0.0497. The van der Waals surface area contributed by atoms with Crippen molar-refractivity contribution in [2.45, 2.75) is 12.8 Å². The van der Waals surface area contributed by atoms with Gasteiger partial charge >= 0.3 is 0 Å². The summed E-state index contributed by atoms with van der Waals surface area (Å²) in [5, 5.41) is 0. The van der Waals surface area contributed by atoms with Crippen LogP contribution in [0.3, 0.4) is 0 Å². The van der Waals surface area contributed by atoms with Crippen molar-refractivity contribution < 1.29 is 13.9 Å². The molecule has 1 saturated heterocycles. The van der Waals surface area contributed by atoms with E-state index >= 15 is 0 Å². The van der Waals surface area contributed by atoms with Crippen molar-refractivity contribution in [3.05, 3.63) is 54.1 Å². The first-order chi connectivity index (χ1) is 12.2. The SMILES string of the molecule is COc1ccc(CCC(=O)N2CCN(c3ccncc3)CC2)cc1F. The molecule has 2 aromatic rings. The molecular formula is C19H22FN3O2. The lowest BCUT2D eigenvalue weighted by molar-refractivity contribution is -0.131. The van der Waals surface area contributed by atoms with Crippen molar-refractivity contribution in [2.75, 3.05) is 38.2 Å². The van der Waals surface area contributed by atoms with E-state index in [1.807, 2.05) is 17.0 Å². The molecule has 0 bridgehead atoms. The van der Waals surface area contributed by atoms with Gasteiger partial charge in [-0.3, -0.25) is 9.78 Å². The van der Waals surface area contributed by atoms with Crippen LogP contribution >= 0.6 is 0 Å². The number of hydrogen-bond acceptors (Lipinski definition) is 4. The second-order valence-corrected chi connectivity index (χ2v) is 6.04. The molecule has 0 aliphatic carbocycles. The van der Waals surface area contributed by atoms with Crippen molar-refractivity contribution in [3.63, 3.8) is 0 Å². The van der Waals surface area contributed by atoms with Gasteiger partial charge in [-0.05, 0) is 36.2 Å². The molecule has 0 spiro atoms. The van der Waals surface area contributed by atoms with Gasteiger partial charge in [-0.15, -0.1) is 0 Å². The number of amides is 1. The van der Waals surface area contributed by atoms with Crippen molar-refractivity contribution >= 4 is 11.6 Å². The van der Waals surface area contributed by atoms with E-state index in [2.05, 4.69) is 9.88 Å². The zero-order chi connectivity index (χ0) is 17.6. The van der Waals surface area contributed by atoms with E-state index in [0.29, 0.717) is 25.9 Å². The van der Waals surface area contributed by atoms with Gasteiger partial charge in [0.1, 0.15) is 0 Å². The molecule has 1 aromatic carbocycles. The normalized spacial score (nSPS) is 14.5. The number of benzene rings is 1. The van der Waals surface area contributed by atoms with Crippen LogP contribution in [0, 0.1) is 5.82 Å². The molecule has 0 N–H and O–H groups in total. The third-order valence-electron chi connectivity index (χ3n) is 4.50. The van der Waals surface area contributed by atoms with Crippen LogP contribution in [0.4, 0.5) is 10.1 Å². The lowest BCUT2D eigenvalue weighted by atomic mass is 10.1. The Bertz CT molecular complexity index is 716. The topological polar surface area (TPSA) is 45.7 Å². The maximum absolute atomic E-state index is 13.7. The Morgan fingerprint density at radius 3 is 2.52 bits per heavy atom. The third kappa shape index (κ3) is 4.26. The average Bonchev–Trinajstić information content (AvgIpc) is 2.67. The van der Waals surface area contributed by atoms with Gasteiger partial charge in [0, 0.05) is 50.7 Å². The van der Waals surface area contributed by atoms with E-state index < -0.39 is 5.82 Å². The smallest absolute Gasteiger partial charge is 0.223 e. The molecule has 3 rings (SSSR count). The monoisotopic (exact) mass is 343 g/mol. The largest absolute Gasteiger partial charge is 0.494 e. The fourth-order valence-corrected chi connectivity index (χ4v) is 3.04. The van der Waals surface area contributed by atoms with Crippen molar-refractivity contribution in [2.24, 2.45) is 0 Å². The summed E-state index contributed by atoms with van der Waals surface area (Å²) in [6, 6.07) is 8.80. The molecule has 6 heteroatoms. The number of pyridine rings is 1. The molecule has 0 unspecified atom stereocenters. The predicted octanol–water partition coefficient (Wildman–Crippen LogP) is 2.51. The number of hydrogen-bond donors (Lipinski definition) is 0. The molecule has 1 fully saturated rings. The predicted molar refractivity (Wildman–Crippen MR) is 94.3 cm³/mol. The minimum absolute atomic E-state index is 0.116. The molecule has 0 atom stereocenters. The van der Waals surface area contributed by atoms with Crippen LogP contribution in [0.15, 0.2) is 42.7 Å². The Morgan fingerprint density at radius 2 is 1.88 bits per heavy atom. The zero-order valence-corrected chi connectivity index (χ0v) is 14.3. The Hall–Kier alpha value is -2.63. The lowest BCUT2D eigenvalue weighted by Crippen LogP contribution is -2.48. The van der Waals surface area contributed by atoms with Crippen LogP contribution in [0.25, 0.3) is 0 Å². The summed E-state index contributed by atoms with van der Waals surface area (Å²) in [6.45, 7) is 3.04. The van der Waals surface area contributed by atoms with Gasteiger partial charge in [-0.25, -0.2) is 4.39 Å². The number of halogens is 1. The van der Waals surface area contributed by atoms with E-state index in [4.69, 9.17) is 4.74 Å². The highest BCUT2D eigenvalue weighted by Crippen LogP contribution is 2.19. The fourth-order valence-electron chi connectivity index (χ4n) is 3.04. The van der Waals surface area contributed by atoms with E-state index in [9.17, 15) is 9.18 Å². The first-order valence-electron chi connectivity index (χ1n) is 8.42. The van der Waals surface area contributed by atoms with Gasteiger partial charge < -0.3 is 14.5 Å². The van der Waals surface area contributed by atoms with Crippen LogP contribution in [0.1, 0.15) is 12.0 Å². The second kappa shape index (κ2) is 7.96. The van der Waals surface area contributed by atoms with E-state index in [-0.39, 0.29) is 11.7 Å². The summed E-state index contributed by atoms with van der Waals surface area (Å²) in [5.41, 5.74) is 1.94. The molecule has 1 aromatic heterocycles. The first kappa shape index (κ1) is 17.2. The van der Waals surface area contributed by atoms with Crippen LogP contribution in [0.5, 0.6) is 5.75 Å². The Balaban J connectivity index is 1.49. The van der Waals surface area contributed by atoms with Crippen molar-refractivity contribution in [1.82, 2.24) is 9.88 Å². The summed E-state index contributed by atoms with van der Waals surface area (Å²) in [6.07, 6.45) is 4.48. The average molecular weight is 343 g/mol. The number of carbonyl (C=O) groups excluding carboxylic acids is 1. The number of nitrogens with zero attached hydrogens (tertiary/aromatic N) is 3. The highest BCUT2D eigenvalue weighted by atomic mass is 19.1. The second-order valence-electron chi connectivity index (χ2n) is 6.04. The number of aromatic nitrogens is 1. The maximum atomic E-state index is 13.7. The summed E-state index contributed by atoms with van der Waals surface area (Å²) < 4.78 is 18.6. The van der Waals surface area contributed by atoms with Gasteiger partial charge in [-0.1, -0.05) is 6.07 Å². The third-order valence-corrected chi connectivity index (χ3v) is 4.50. The highest BCUT2D eigenvalue weighted by Gasteiger charge is 2.21. The van der Waals surface area contributed by atoms with E-state index in [1.54, 1.807) is 24.5 Å². The summed E-state index contributed by atoms with van der Waals surface area (Å²) in [7, 11) is 1.44. The lowest BCUT2D eigenvalue weighted by Gasteiger charge is -2.36. The minimum Gasteiger partial charge on any atom is -0.494 e. The molecule has 1 amide bonds. The van der Waals surface area contributed by atoms with Crippen LogP contribution in [-0.2, 0) is 11.2 Å². The number of rotatable bonds is 5. The molecule has 1 aliphatic rings. The molecular weight excluding hydrogens is 321 g/mol. The summed E-state index contributed by atoms with van der Waals surface area (Å²) in [4.78, 5) is 20.6. The number of anilines is 1. The number of aryl methyl sites for hydroxylation is 1. The van der Waals surface area contributed by atoms with Crippen molar-refractivity contribution in [3.8, 4) is 5.75 Å². The van der Waals surface area contributed by atoms with Gasteiger partial charge in [0.15, 0.2) is 11.6 Å². The quantitative estimate of drug-likeness (QED) is 0.837. The van der Waals surface area contributed by atoms with Crippen molar-refractivity contribution in [1.29, 1.82) is 0 Å². The number of methoxy groups -OCH3 is 1.